The van der Waals surface area contributed by atoms with Crippen molar-refractivity contribution in [2.24, 2.45) is 4.58 Å². The van der Waals surface area contributed by atoms with Crippen LogP contribution in [0.3, 0.4) is 0 Å². The van der Waals surface area contributed by atoms with Gasteiger partial charge in [0, 0.05) is 16.5 Å². The molecule has 16 heteroatoms. The van der Waals surface area contributed by atoms with E-state index in [-0.39, 0.29) is 56.9 Å². The highest BCUT2D eigenvalue weighted by Crippen LogP contribution is 2.35. The standard InChI is InChI=1S/C6H8N2O6S.C6H9NO5S.2CH4/c9-7-15-4-2-13-5-3(14-8(10)11)1-12-6(4)5;8-7(9)12-3-1-10-6-4(13)2-11-5(3)6;;/h3-6H,1-2H2;3-6,13H,1-2H2;2*1H4/t2*3-,4+,5-,6-;;/m11../s1. The van der Waals surface area contributed by atoms with Crippen molar-refractivity contribution in [2.45, 2.75) is 62.0 Å². The second-order valence-corrected chi connectivity index (χ2v) is 7.84. The Morgan fingerprint density at radius 1 is 0.833 bits per heavy atom. The SMILES string of the molecule is C.C.O=NS[C@H]1CO[C@H]2[C@@H]1OC[C@H]2O[N+](=O)[O-].O=[N+]([O-])O[C@@H]1CO[C@H]2[C@@H]1OC[C@@H]2S. The monoisotopic (exact) mass is 475 g/mol. The zero-order valence-corrected chi connectivity index (χ0v) is 15.8. The van der Waals surface area contributed by atoms with E-state index in [1.165, 1.54) is 0 Å². The highest BCUT2D eigenvalue weighted by molar-refractivity contribution is 7.98. The predicted octanol–water partition coefficient (Wildman–Crippen LogP) is 1.08. The van der Waals surface area contributed by atoms with E-state index in [0.717, 1.165) is 11.9 Å². The molecule has 0 bridgehead atoms. The van der Waals surface area contributed by atoms with Gasteiger partial charge in [0.2, 0.25) is 0 Å². The largest absolute Gasteiger partial charge is 0.372 e. The van der Waals surface area contributed by atoms with Gasteiger partial charge in [-0.1, -0.05) is 14.9 Å². The maximum absolute atomic E-state index is 10.1. The summed E-state index contributed by atoms with van der Waals surface area (Å²) in [6.45, 7) is 1.05. The van der Waals surface area contributed by atoms with Gasteiger partial charge in [-0.15, -0.1) is 25.1 Å². The molecule has 0 N–H and O–H groups in total. The normalized spacial score (nSPS) is 38.0. The van der Waals surface area contributed by atoms with Crippen LogP contribution < -0.4 is 0 Å². The Morgan fingerprint density at radius 3 is 1.83 bits per heavy atom. The number of nitrogens with zero attached hydrogens (tertiary/aromatic N) is 3. The number of hydrogen-bond acceptors (Lipinski definition) is 14. The third kappa shape index (κ3) is 6.04. The summed E-state index contributed by atoms with van der Waals surface area (Å²) in [6, 6.07) is 0. The van der Waals surface area contributed by atoms with Gasteiger partial charge in [-0.3, -0.25) is 0 Å². The van der Waals surface area contributed by atoms with Gasteiger partial charge in [0.05, 0.1) is 43.0 Å². The summed E-state index contributed by atoms with van der Waals surface area (Å²) in [7, 11) is 0. The molecule has 0 aromatic heterocycles. The van der Waals surface area contributed by atoms with E-state index in [2.05, 4.69) is 26.9 Å². The quantitative estimate of drug-likeness (QED) is 0.191. The predicted molar refractivity (Wildman–Crippen MR) is 106 cm³/mol. The highest BCUT2D eigenvalue weighted by atomic mass is 32.2. The van der Waals surface area contributed by atoms with Gasteiger partial charge < -0.3 is 28.6 Å². The van der Waals surface area contributed by atoms with Gasteiger partial charge in [-0.2, -0.15) is 12.6 Å². The molecule has 0 radical (unpaired) electrons. The summed E-state index contributed by atoms with van der Waals surface area (Å²) in [6.07, 6.45) is -2.65. The van der Waals surface area contributed by atoms with E-state index in [4.69, 9.17) is 18.9 Å². The van der Waals surface area contributed by atoms with Crippen molar-refractivity contribution >= 4 is 24.6 Å². The Kier molecular flexibility index (Phi) is 10.5. The molecule has 4 rings (SSSR count). The molecular formula is C14H25N3O11S2. The van der Waals surface area contributed by atoms with Crippen LogP contribution in [-0.2, 0) is 28.6 Å². The summed E-state index contributed by atoms with van der Waals surface area (Å²) in [4.78, 5) is 39.1. The molecule has 0 unspecified atom stereocenters. The fourth-order valence-electron chi connectivity index (χ4n) is 3.42. The Labute approximate surface area is 181 Å². The van der Waals surface area contributed by atoms with Crippen LogP contribution >= 0.6 is 24.6 Å². The number of thiol groups is 1. The van der Waals surface area contributed by atoms with Crippen molar-refractivity contribution in [1.29, 1.82) is 0 Å². The Balaban J connectivity index is 0.000000284. The van der Waals surface area contributed by atoms with E-state index in [9.17, 15) is 25.1 Å². The molecule has 4 aliphatic heterocycles. The molecule has 0 amide bonds. The first kappa shape index (κ1) is 26.6. The van der Waals surface area contributed by atoms with E-state index >= 15 is 0 Å². The first-order valence-electron chi connectivity index (χ1n) is 8.16. The summed E-state index contributed by atoms with van der Waals surface area (Å²) in [5.41, 5.74) is 0. The molecule has 0 aromatic rings. The van der Waals surface area contributed by atoms with Crippen LogP contribution in [0.25, 0.3) is 0 Å². The van der Waals surface area contributed by atoms with Crippen molar-refractivity contribution in [1.82, 2.24) is 0 Å². The molecule has 0 saturated carbocycles. The van der Waals surface area contributed by atoms with Crippen molar-refractivity contribution in [3.8, 4) is 0 Å². The minimum Gasteiger partial charge on any atom is -0.372 e. The molecular weight excluding hydrogens is 450 g/mol. The molecule has 4 aliphatic rings. The smallest absolute Gasteiger partial charge is 0.294 e. The number of fused-ring (bicyclic) bond motifs is 2. The fraction of sp³-hybridized carbons (Fsp3) is 1.00. The average Bonchev–Trinajstić information content (AvgIpc) is 3.36. The molecule has 0 aromatic carbocycles. The zero-order valence-electron chi connectivity index (χ0n) is 14.1. The van der Waals surface area contributed by atoms with Crippen molar-refractivity contribution in [3.05, 3.63) is 25.1 Å². The Bertz CT molecular complexity index is 603. The second-order valence-electron chi connectivity index (χ2n) is 6.21. The van der Waals surface area contributed by atoms with Crippen LogP contribution in [-0.4, -0.2) is 83.7 Å². The van der Waals surface area contributed by atoms with Crippen molar-refractivity contribution < 1.29 is 38.8 Å². The number of nitroso groups, excluding NO2 is 1. The van der Waals surface area contributed by atoms with E-state index in [1.807, 2.05) is 0 Å². The van der Waals surface area contributed by atoms with Gasteiger partial charge in [-0.05, 0) is 0 Å². The fourth-order valence-corrected chi connectivity index (χ4v) is 4.37. The Morgan fingerprint density at radius 2 is 1.30 bits per heavy atom. The number of ether oxygens (including phenoxy) is 4. The third-order valence-electron chi connectivity index (χ3n) is 4.57. The first-order valence-corrected chi connectivity index (χ1v) is 9.51. The van der Waals surface area contributed by atoms with Gasteiger partial charge in [0.15, 0.2) is 12.2 Å². The molecule has 4 heterocycles. The molecule has 30 heavy (non-hydrogen) atoms. The van der Waals surface area contributed by atoms with E-state index in [0.29, 0.717) is 13.2 Å². The molecule has 174 valence electrons. The second kappa shape index (κ2) is 11.8. The number of rotatable bonds is 6. The van der Waals surface area contributed by atoms with Crippen LogP contribution in [0.2, 0.25) is 0 Å². The molecule has 0 spiro atoms. The topological polar surface area (TPSA) is 171 Å². The van der Waals surface area contributed by atoms with Crippen LogP contribution in [0.4, 0.5) is 0 Å². The van der Waals surface area contributed by atoms with Crippen molar-refractivity contribution in [2.75, 3.05) is 26.4 Å². The molecule has 8 atom stereocenters. The summed E-state index contributed by atoms with van der Waals surface area (Å²) in [5.74, 6) is 0. The van der Waals surface area contributed by atoms with Crippen LogP contribution in [0, 0.1) is 25.1 Å². The zero-order chi connectivity index (χ0) is 20.3. The summed E-state index contributed by atoms with van der Waals surface area (Å²) < 4.78 is 23.8. The molecule has 0 aliphatic carbocycles. The van der Waals surface area contributed by atoms with Gasteiger partial charge in [0.25, 0.3) is 10.2 Å². The van der Waals surface area contributed by atoms with Crippen LogP contribution in [0.15, 0.2) is 4.58 Å². The minimum absolute atomic E-state index is 0. The Hall–Kier alpha value is -1.46. The lowest BCUT2D eigenvalue weighted by Crippen LogP contribution is -2.33. The molecule has 4 saturated heterocycles. The van der Waals surface area contributed by atoms with E-state index in [1.54, 1.807) is 0 Å². The first-order chi connectivity index (χ1) is 13.4. The highest BCUT2D eigenvalue weighted by Gasteiger charge is 2.50. The van der Waals surface area contributed by atoms with Crippen LogP contribution in [0.5, 0.6) is 0 Å². The molecule has 14 nitrogen and oxygen atoms in total. The van der Waals surface area contributed by atoms with Gasteiger partial charge >= 0.3 is 0 Å². The van der Waals surface area contributed by atoms with E-state index < -0.39 is 28.5 Å². The van der Waals surface area contributed by atoms with Crippen molar-refractivity contribution in [3.63, 3.8) is 0 Å². The summed E-state index contributed by atoms with van der Waals surface area (Å²) in [5, 5.41) is 18.3. The number of hydrogen-bond donors (Lipinski definition) is 1. The average molecular weight is 475 g/mol. The van der Waals surface area contributed by atoms with Gasteiger partial charge in [0.1, 0.15) is 18.3 Å². The maximum Gasteiger partial charge on any atom is 0.294 e. The maximum atomic E-state index is 10.1. The third-order valence-corrected chi connectivity index (χ3v) is 5.77. The van der Waals surface area contributed by atoms with Crippen LogP contribution in [0.1, 0.15) is 14.9 Å². The summed E-state index contributed by atoms with van der Waals surface area (Å²) >= 11 is 5.05. The lowest BCUT2D eigenvalue weighted by molar-refractivity contribution is -0.769. The lowest BCUT2D eigenvalue weighted by atomic mass is 10.1. The lowest BCUT2D eigenvalue weighted by Gasteiger charge is -2.13. The minimum atomic E-state index is -0.863. The van der Waals surface area contributed by atoms with Gasteiger partial charge in [-0.25, -0.2) is 0 Å². The molecule has 4 fully saturated rings.